The Kier molecular flexibility index (Phi) is 5.04. The molecule has 0 saturated heterocycles. The Morgan fingerprint density at radius 2 is 2.05 bits per heavy atom. The van der Waals surface area contributed by atoms with Gasteiger partial charge in [-0.1, -0.05) is 17.7 Å². The zero-order valence-electron chi connectivity index (χ0n) is 12.5. The number of aliphatic hydroxyl groups is 1. The first kappa shape index (κ1) is 15.1. The third-order valence-corrected chi connectivity index (χ3v) is 4.87. The van der Waals surface area contributed by atoms with E-state index in [1.807, 2.05) is 0 Å². The Labute approximate surface area is 132 Å². The van der Waals surface area contributed by atoms with Crippen molar-refractivity contribution in [3.8, 4) is 0 Å². The van der Waals surface area contributed by atoms with Gasteiger partial charge < -0.3 is 15.3 Å². The minimum atomic E-state index is 0.240. The molecule has 0 radical (unpaired) electrons. The van der Waals surface area contributed by atoms with Crippen molar-refractivity contribution in [2.75, 3.05) is 18.1 Å². The summed E-state index contributed by atoms with van der Waals surface area (Å²) in [5, 5.41) is 13.5. The van der Waals surface area contributed by atoms with E-state index in [0.717, 1.165) is 36.3 Å². The van der Waals surface area contributed by atoms with Crippen molar-refractivity contribution < 1.29 is 5.11 Å². The molecule has 0 aliphatic heterocycles. The summed E-state index contributed by atoms with van der Waals surface area (Å²) < 4.78 is 0. The van der Waals surface area contributed by atoms with Crippen molar-refractivity contribution in [3.05, 3.63) is 28.8 Å². The lowest BCUT2D eigenvalue weighted by Gasteiger charge is -2.39. The van der Waals surface area contributed by atoms with E-state index < -0.39 is 0 Å². The fraction of sp³-hybridized carbons (Fsp3) is 0.647. The lowest BCUT2D eigenvalue weighted by Crippen LogP contribution is -2.41. The number of halogens is 1. The number of nitrogens with one attached hydrogen (secondary N) is 1. The standard InChI is InChI=1S/C17H25ClN2O/c18-16-11-13(12-19-14-6-7-14)5-8-17(16)20(9-2-10-21)15-3-1-4-15/h5,8,11,14-15,19,21H,1-4,6-7,9-10,12H2. The maximum absolute atomic E-state index is 9.11. The van der Waals surface area contributed by atoms with Gasteiger partial charge in [-0.3, -0.25) is 0 Å². The maximum Gasteiger partial charge on any atom is 0.0642 e. The molecule has 0 heterocycles. The quantitative estimate of drug-likeness (QED) is 0.773. The van der Waals surface area contributed by atoms with Crippen LogP contribution in [0, 0.1) is 0 Å². The van der Waals surface area contributed by atoms with Gasteiger partial charge >= 0.3 is 0 Å². The Hall–Kier alpha value is -0.770. The molecule has 3 rings (SSSR count). The monoisotopic (exact) mass is 308 g/mol. The van der Waals surface area contributed by atoms with Crippen molar-refractivity contribution in [1.82, 2.24) is 5.32 Å². The second-order valence-corrected chi connectivity index (χ2v) is 6.70. The Bertz CT molecular complexity index is 472. The summed E-state index contributed by atoms with van der Waals surface area (Å²) in [6.07, 6.45) is 7.21. The number of hydrogen-bond acceptors (Lipinski definition) is 3. The van der Waals surface area contributed by atoms with E-state index >= 15 is 0 Å². The SMILES string of the molecule is OCCCN(c1ccc(CNC2CC2)cc1Cl)C1CCC1. The average Bonchev–Trinajstić information content (AvgIpc) is 3.23. The van der Waals surface area contributed by atoms with Gasteiger partial charge in [0.25, 0.3) is 0 Å². The predicted octanol–water partition coefficient (Wildman–Crippen LogP) is 3.33. The third kappa shape index (κ3) is 3.91. The van der Waals surface area contributed by atoms with E-state index in [4.69, 9.17) is 16.7 Å². The molecule has 2 aliphatic rings. The largest absolute Gasteiger partial charge is 0.396 e. The van der Waals surface area contributed by atoms with Crippen LogP contribution < -0.4 is 10.2 Å². The van der Waals surface area contributed by atoms with Gasteiger partial charge in [0.1, 0.15) is 0 Å². The summed E-state index contributed by atoms with van der Waals surface area (Å²) in [4.78, 5) is 2.39. The summed E-state index contributed by atoms with van der Waals surface area (Å²) in [7, 11) is 0. The summed E-state index contributed by atoms with van der Waals surface area (Å²) >= 11 is 6.53. The van der Waals surface area contributed by atoms with Crippen LogP contribution in [0.4, 0.5) is 5.69 Å². The van der Waals surface area contributed by atoms with Crippen LogP contribution >= 0.6 is 11.6 Å². The molecule has 2 aliphatic carbocycles. The van der Waals surface area contributed by atoms with Gasteiger partial charge in [-0.25, -0.2) is 0 Å². The number of anilines is 1. The number of aliphatic hydroxyl groups excluding tert-OH is 1. The van der Waals surface area contributed by atoms with E-state index in [1.54, 1.807) is 0 Å². The summed E-state index contributed by atoms with van der Waals surface area (Å²) in [6.45, 7) is 2.04. The molecule has 0 unspecified atom stereocenters. The van der Waals surface area contributed by atoms with E-state index in [0.29, 0.717) is 6.04 Å². The first-order valence-electron chi connectivity index (χ1n) is 8.17. The van der Waals surface area contributed by atoms with Gasteiger partial charge in [-0.05, 0) is 56.2 Å². The van der Waals surface area contributed by atoms with E-state index in [-0.39, 0.29) is 6.61 Å². The molecular formula is C17H25ClN2O. The number of rotatable bonds is 8. The van der Waals surface area contributed by atoms with Gasteiger partial charge in [0.15, 0.2) is 0 Å². The predicted molar refractivity (Wildman–Crippen MR) is 88.0 cm³/mol. The van der Waals surface area contributed by atoms with Crippen molar-refractivity contribution >= 4 is 17.3 Å². The van der Waals surface area contributed by atoms with Crippen LogP contribution in [0.1, 0.15) is 44.1 Å². The van der Waals surface area contributed by atoms with Gasteiger partial charge in [-0.15, -0.1) is 0 Å². The highest BCUT2D eigenvalue weighted by atomic mass is 35.5. The second-order valence-electron chi connectivity index (χ2n) is 6.30. The van der Waals surface area contributed by atoms with Crippen LogP contribution in [0.25, 0.3) is 0 Å². The second kappa shape index (κ2) is 6.99. The minimum absolute atomic E-state index is 0.240. The molecular weight excluding hydrogens is 284 g/mol. The zero-order chi connectivity index (χ0) is 14.7. The summed E-state index contributed by atoms with van der Waals surface area (Å²) in [5.41, 5.74) is 2.39. The van der Waals surface area contributed by atoms with E-state index in [1.165, 1.54) is 37.7 Å². The first-order chi connectivity index (χ1) is 10.3. The van der Waals surface area contributed by atoms with Crippen molar-refractivity contribution in [3.63, 3.8) is 0 Å². The number of hydrogen-bond donors (Lipinski definition) is 2. The normalized spacial score (nSPS) is 18.6. The first-order valence-corrected chi connectivity index (χ1v) is 8.55. The smallest absolute Gasteiger partial charge is 0.0642 e. The zero-order valence-corrected chi connectivity index (χ0v) is 13.3. The maximum atomic E-state index is 9.11. The molecule has 0 atom stereocenters. The molecule has 0 aromatic heterocycles. The lowest BCUT2D eigenvalue weighted by atomic mass is 9.90. The Morgan fingerprint density at radius 3 is 2.62 bits per heavy atom. The molecule has 4 heteroatoms. The van der Waals surface area contributed by atoms with Crippen molar-refractivity contribution in [1.29, 1.82) is 0 Å². The van der Waals surface area contributed by atoms with Crippen LogP contribution in [0.3, 0.4) is 0 Å². The van der Waals surface area contributed by atoms with Crippen LogP contribution in [-0.4, -0.2) is 30.3 Å². The van der Waals surface area contributed by atoms with E-state index in [9.17, 15) is 0 Å². The molecule has 3 nitrogen and oxygen atoms in total. The number of nitrogens with zero attached hydrogens (tertiary/aromatic N) is 1. The third-order valence-electron chi connectivity index (χ3n) is 4.57. The molecule has 2 saturated carbocycles. The summed E-state index contributed by atoms with van der Waals surface area (Å²) in [6, 6.07) is 7.75. The summed E-state index contributed by atoms with van der Waals surface area (Å²) in [5.74, 6) is 0. The molecule has 0 amide bonds. The molecule has 0 spiro atoms. The van der Waals surface area contributed by atoms with Crippen LogP contribution in [-0.2, 0) is 6.54 Å². The van der Waals surface area contributed by atoms with Gasteiger partial charge in [0.2, 0.25) is 0 Å². The topological polar surface area (TPSA) is 35.5 Å². The fourth-order valence-electron chi connectivity index (χ4n) is 2.88. The average molecular weight is 309 g/mol. The van der Waals surface area contributed by atoms with Crippen LogP contribution in [0.5, 0.6) is 0 Å². The fourth-order valence-corrected chi connectivity index (χ4v) is 3.19. The molecule has 2 N–H and O–H groups in total. The molecule has 0 bridgehead atoms. The highest BCUT2D eigenvalue weighted by molar-refractivity contribution is 6.33. The highest BCUT2D eigenvalue weighted by Crippen LogP contribution is 2.34. The molecule has 116 valence electrons. The van der Waals surface area contributed by atoms with Crippen molar-refractivity contribution in [2.45, 2.75) is 57.2 Å². The van der Waals surface area contributed by atoms with Crippen LogP contribution in [0.2, 0.25) is 5.02 Å². The number of benzene rings is 1. The van der Waals surface area contributed by atoms with Gasteiger partial charge in [0, 0.05) is 31.8 Å². The highest BCUT2D eigenvalue weighted by Gasteiger charge is 2.26. The van der Waals surface area contributed by atoms with Crippen LogP contribution in [0.15, 0.2) is 18.2 Å². The van der Waals surface area contributed by atoms with Crippen molar-refractivity contribution in [2.24, 2.45) is 0 Å². The molecule has 1 aromatic carbocycles. The van der Waals surface area contributed by atoms with Gasteiger partial charge in [0.05, 0.1) is 10.7 Å². The Morgan fingerprint density at radius 1 is 1.24 bits per heavy atom. The molecule has 1 aromatic rings. The Balaban J connectivity index is 1.68. The van der Waals surface area contributed by atoms with Gasteiger partial charge in [-0.2, -0.15) is 0 Å². The lowest BCUT2D eigenvalue weighted by molar-refractivity contribution is 0.283. The van der Waals surface area contributed by atoms with E-state index in [2.05, 4.69) is 28.4 Å². The molecule has 2 fully saturated rings. The molecule has 21 heavy (non-hydrogen) atoms. The minimum Gasteiger partial charge on any atom is -0.396 e.